The molecule has 2 heterocycles. The summed E-state index contributed by atoms with van der Waals surface area (Å²) in [6.45, 7) is 1.58. The van der Waals surface area contributed by atoms with Crippen molar-refractivity contribution in [1.82, 2.24) is 4.98 Å². The Kier molecular flexibility index (Phi) is 5.04. The van der Waals surface area contributed by atoms with Crippen molar-refractivity contribution in [3.8, 4) is 0 Å². The van der Waals surface area contributed by atoms with Crippen LogP contribution < -0.4 is 10.6 Å². The minimum Gasteiger partial charge on any atom is -0.370 e. The lowest BCUT2D eigenvalue weighted by molar-refractivity contribution is 0.335. The molecule has 0 bridgehead atoms. The highest BCUT2D eigenvalue weighted by Gasteiger charge is 2.25. The maximum Gasteiger partial charge on any atom is 0.212 e. The highest BCUT2D eigenvalue weighted by Crippen LogP contribution is 2.26. The summed E-state index contributed by atoms with van der Waals surface area (Å²) in [6, 6.07) is 6.31. The molecule has 2 aromatic rings. The van der Waals surface area contributed by atoms with E-state index in [-0.39, 0.29) is 12.0 Å². The molecule has 3 rings (SSSR count). The average molecular weight is 335 g/mol. The molecule has 3 nitrogen and oxygen atoms in total. The third kappa shape index (κ3) is 3.87. The Morgan fingerprint density at radius 3 is 2.54 bits per heavy atom. The number of hydrogen-bond donors (Lipinski definition) is 1. The lowest BCUT2D eigenvalue weighted by Gasteiger charge is -2.36. The highest BCUT2D eigenvalue weighted by atomic mass is 19.1. The second kappa shape index (κ2) is 7.21. The molecule has 128 valence electrons. The molecule has 1 atom stereocenters. The molecule has 2 N–H and O–H groups in total. The van der Waals surface area contributed by atoms with E-state index in [4.69, 9.17) is 5.73 Å². The molecule has 1 aliphatic heterocycles. The molecule has 0 aliphatic carbocycles. The van der Waals surface area contributed by atoms with Crippen LogP contribution in [0.15, 0.2) is 36.5 Å². The molecular formula is C18H20F3N3. The fourth-order valence-electron chi connectivity index (χ4n) is 3.26. The molecular weight excluding hydrogens is 315 g/mol. The fourth-order valence-corrected chi connectivity index (χ4v) is 3.26. The number of anilines is 1. The van der Waals surface area contributed by atoms with Crippen molar-refractivity contribution in [2.75, 3.05) is 18.0 Å². The van der Waals surface area contributed by atoms with Crippen LogP contribution in [0.25, 0.3) is 0 Å². The van der Waals surface area contributed by atoms with E-state index >= 15 is 0 Å². The third-order valence-electron chi connectivity index (χ3n) is 4.69. The number of pyridine rings is 1. The van der Waals surface area contributed by atoms with E-state index in [9.17, 15) is 13.2 Å². The number of aromatic nitrogens is 1. The van der Waals surface area contributed by atoms with Gasteiger partial charge in [0.2, 0.25) is 5.95 Å². The number of benzene rings is 1. The van der Waals surface area contributed by atoms with Gasteiger partial charge in [0.15, 0.2) is 0 Å². The number of halogens is 3. The van der Waals surface area contributed by atoms with Gasteiger partial charge in [0.25, 0.3) is 0 Å². The van der Waals surface area contributed by atoms with Gasteiger partial charge in [-0.1, -0.05) is 0 Å². The van der Waals surface area contributed by atoms with Gasteiger partial charge in [-0.2, -0.15) is 4.39 Å². The van der Waals surface area contributed by atoms with E-state index in [1.54, 1.807) is 6.07 Å². The van der Waals surface area contributed by atoms with Crippen LogP contribution in [-0.2, 0) is 6.42 Å². The van der Waals surface area contributed by atoms with Gasteiger partial charge in [0.05, 0.1) is 11.9 Å². The smallest absolute Gasteiger partial charge is 0.212 e. The van der Waals surface area contributed by atoms with Gasteiger partial charge in [-0.05, 0) is 61.1 Å². The lowest BCUT2D eigenvalue weighted by atomic mass is 9.86. The first-order chi connectivity index (χ1) is 11.5. The van der Waals surface area contributed by atoms with Gasteiger partial charge in [-0.25, -0.2) is 13.8 Å². The van der Waals surface area contributed by atoms with E-state index in [2.05, 4.69) is 9.88 Å². The van der Waals surface area contributed by atoms with Crippen LogP contribution in [0, 0.1) is 23.5 Å². The van der Waals surface area contributed by atoms with Gasteiger partial charge < -0.3 is 10.6 Å². The molecule has 1 aromatic carbocycles. The molecule has 1 fully saturated rings. The monoisotopic (exact) mass is 335 g/mol. The summed E-state index contributed by atoms with van der Waals surface area (Å²) in [4.78, 5) is 5.81. The number of nitrogens with two attached hydrogens (primary N) is 1. The van der Waals surface area contributed by atoms with Gasteiger partial charge in [0.1, 0.15) is 11.6 Å². The molecule has 24 heavy (non-hydrogen) atoms. The first kappa shape index (κ1) is 16.8. The van der Waals surface area contributed by atoms with Crippen LogP contribution in [0.4, 0.5) is 18.9 Å². The van der Waals surface area contributed by atoms with Gasteiger partial charge >= 0.3 is 0 Å². The number of piperidine rings is 1. The zero-order chi connectivity index (χ0) is 17.1. The zero-order valence-corrected chi connectivity index (χ0v) is 13.3. The van der Waals surface area contributed by atoms with Crippen LogP contribution in [-0.4, -0.2) is 24.1 Å². The summed E-state index contributed by atoms with van der Waals surface area (Å²) in [6.07, 6.45) is 3.56. The van der Waals surface area contributed by atoms with Crippen molar-refractivity contribution in [2.45, 2.75) is 25.3 Å². The number of hydrogen-bond acceptors (Lipinski definition) is 3. The third-order valence-corrected chi connectivity index (χ3v) is 4.69. The zero-order valence-electron chi connectivity index (χ0n) is 13.3. The van der Waals surface area contributed by atoms with Crippen molar-refractivity contribution in [1.29, 1.82) is 0 Å². The molecule has 6 heteroatoms. The fraction of sp³-hybridized carbons (Fsp3) is 0.389. The SMILES string of the molecule is N[C@H](Cc1cc(F)ccc1F)C1CCN(c2ccc(F)nc2)CC1. The van der Waals surface area contributed by atoms with Crippen molar-refractivity contribution in [2.24, 2.45) is 11.7 Å². The van der Waals surface area contributed by atoms with Gasteiger partial charge in [0, 0.05) is 19.1 Å². The van der Waals surface area contributed by atoms with E-state index < -0.39 is 17.6 Å². The Bertz CT molecular complexity index is 682. The Balaban J connectivity index is 1.57. The predicted octanol–water partition coefficient (Wildman–Crippen LogP) is 3.29. The van der Waals surface area contributed by atoms with Gasteiger partial charge in [-0.15, -0.1) is 0 Å². The topological polar surface area (TPSA) is 42.1 Å². The van der Waals surface area contributed by atoms with Crippen LogP contribution >= 0.6 is 0 Å². The quantitative estimate of drug-likeness (QED) is 0.872. The van der Waals surface area contributed by atoms with Gasteiger partial charge in [-0.3, -0.25) is 0 Å². The maximum atomic E-state index is 13.7. The summed E-state index contributed by atoms with van der Waals surface area (Å²) in [5, 5.41) is 0. The van der Waals surface area contributed by atoms with E-state index in [1.165, 1.54) is 18.3 Å². The normalized spacial score (nSPS) is 17.1. The van der Waals surface area contributed by atoms with Crippen molar-refractivity contribution < 1.29 is 13.2 Å². The van der Waals surface area contributed by atoms with Crippen LogP contribution in [0.1, 0.15) is 18.4 Å². The molecule has 1 aromatic heterocycles. The molecule has 1 aliphatic rings. The molecule has 1 saturated heterocycles. The Morgan fingerprint density at radius 2 is 1.88 bits per heavy atom. The Morgan fingerprint density at radius 1 is 1.12 bits per heavy atom. The first-order valence-corrected chi connectivity index (χ1v) is 8.09. The van der Waals surface area contributed by atoms with E-state index in [1.807, 2.05) is 0 Å². The summed E-state index contributed by atoms with van der Waals surface area (Å²) in [5.41, 5.74) is 7.45. The van der Waals surface area contributed by atoms with Crippen LogP contribution in [0.2, 0.25) is 0 Å². The maximum absolute atomic E-state index is 13.7. The number of nitrogens with zero attached hydrogens (tertiary/aromatic N) is 2. The van der Waals surface area contributed by atoms with E-state index in [0.717, 1.165) is 43.8 Å². The summed E-state index contributed by atoms with van der Waals surface area (Å²) in [7, 11) is 0. The molecule has 0 saturated carbocycles. The Hall–Kier alpha value is -2.08. The number of rotatable bonds is 4. The highest BCUT2D eigenvalue weighted by molar-refractivity contribution is 5.44. The second-order valence-electron chi connectivity index (χ2n) is 6.27. The van der Waals surface area contributed by atoms with Crippen molar-refractivity contribution in [3.63, 3.8) is 0 Å². The lowest BCUT2D eigenvalue weighted by Crippen LogP contribution is -2.42. The minimum absolute atomic E-state index is 0.213. The van der Waals surface area contributed by atoms with Crippen LogP contribution in [0.5, 0.6) is 0 Å². The summed E-state index contributed by atoms with van der Waals surface area (Å²) in [5.74, 6) is -1.11. The largest absolute Gasteiger partial charge is 0.370 e. The molecule has 0 amide bonds. The molecule has 0 radical (unpaired) electrons. The summed E-state index contributed by atoms with van der Waals surface area (Å²) < 4.78 is 39.9. The second-order valence-corrected chi connectivity index (χ2v) is 6.27. The van der Waals surface area contributed by atoms with Crippen molar-refractivity contribution >= 4 is 5.69 Å². The average Bonchev–Trinajstić information content (AvgIpc) is 2.59. The minimum atomic E-state index is -0.493. The Labute approximate surface area is 139 Å². The molecule has 0 unspecified atom stereocenters. The van der Waals surface area contributed by atoms with Crippen LogP contribution in [0.3, 0.4) is 0 Å². The standard InChI is InChI=1S/C18H20F3N3/c19-14-1-3-16(20)13(9-14)10-17(22)12-5-7-24(8-6-12)15-2-4-18(21)23-11-15/h1-4,9,11-12,17H,5-8,10,22H2/t17-/m1/s1. The summed E-state index contributed by atoms with van der Waals surface area (Å²) >= 11 is 0. The first-order valence-electron chi connectivity index (χ1n) is 8.09. The predicted molar refractivity (Wildman–Crippen MR) is 87.2 cm³/mol. The van der Waals surface area contributed by atoms with E-state index in [0.29, 0.717) is 12.0 Å². The van der Waals surface area contributed by atoms with Crippen molar-refractivity contribution in [3.05, 3.63) is 59.7 Å². The molecule has 0 spiro atoms.